The van der Waals surface area contributed by atoms with Gasteiger partial charge in [-0.1, -0.05) is 19.4 Å². The monoisotopic (exact) mass is 296 g/mol. The summed E-state index contributed by atoms with van der Waals surface area (Å²) in [4.78, 5) is 11.8. The Morgan fingerprint density at radius 3 is 2.95 bits per heavy atom. The van der Waals surface area contributed by atoms with Crippen LogP contribution >= 0.6 is 11.9 Å². The van der Waals surface area contributed by atoms with Crippen LogP contribution in [0, 0.1) is 0 Å². The first-order chi connectivity index (χ1) is 9.74. The minimum Gasteiger partial charge on any atom is -0.454 e. The Kier molecular flexibility index (Phi) is 5.40. The van der Waals surface area contributed by atoms with Crippen molar-refractivity contribution in [1.29, 1.82) is 0 Å². The highest BCUT2D eigenvalue weighted by atomic mass is 32.2. The molecule has 2 amide bonds. The van der Waals surface area contributed by atoms with Gasteiger partial charge in [-0.2, -0.15) is 0 Å². The number of nitrogens with zero attached hydrogens (tertiary/aromatic N) is 1. The summed E-state index contributed by atoms with van der Waals surface area (Å²) in [6.45, 7) is 3.16. The van der Waals surface area contributed by atoms with Crippen LogP contribution in [0.25, 0.3) is 0 Å². The Labute approximate surface area is 123 Å². The highest BCUT2D eigenvalue weighted by Crippen LogP contribution is 2.33. The van der Waals surface area contributed by atoms with Crippen LogP contribution in [-0.2, 0) is 5.75 Å². The van der Waals surface area contributed by atoms with Crippen LogP contribution in [0.3, 0.4) is 0 Å². The summed E-state index contributed by atoms with van der Waals surface area (Å²) < 4.78 is 12.4. The molecule has 1 aromatic rings. The minimum atomic E-state index is -0.0517. The van der Waals surface area contributed by atoms with E-state index in [1.165, 1.54) is 11.9 Å². The normalized spacial score (nSPS) is 12.3. The molecule has 1 N–H and O–H groups in total. The Morgan fingerprint density at radius 1 is 1.40 bits per heavy atom. The number of hydrogen-bond acceptors (Lipinski definition) is 4. The molecule has 0 aromatic heterocycles. The van der Waals surface area contributed by atoms with Gasteiger partial charge in [0.15, 0.2) is 11.5 Å². The molecule has 110 valence electrons. The highest BCUT2D eigenvalue weighted by Gasteiger charge is 2.15. The van der Waals surface area contributed by atoms with Crippen molar-refractivity contribution in [2.24, 2.45) is 0 Å². The van der Waals surface area contributed by atoms with E-state index >= 15 is 0 Å². The molecule has 0 atom stereocenters. The summed E-state index contributed by atoms with van der Waals surface area (Å²) in [5, 5.41) is 2.67. The van der Waals surface area contributed by atoms with Crippen molar-refractivity contribution in [3.8, 4) is 11.5 Å². The van der Waals surface area contributed by atoms with Gasteiger partial charge in [0.2, 0.25) is 6.79 Å². The van der Waals surface area contributed by atoms with Crippen molar-refractivity contribution in [3.63, 3.8) is 0 Å². The molecule has 1 aliphatic heterocycles. The quantitative estimate of drug-likeness (QED) is 0.820. The van der Waals surface area contributed by atoms with Gasteiger partial charge in [0, 0.05) is 19.3 Å². The standard InChI is InChI=1S/C14H20N2O3S/c1-3-4-7-16(14(17)15-2)20-9-11-5-6-12-13(8-11)19-10-18-12/h5-6,8H,3-4,7,9-10H2,1-2H3,(H,15,17). The van der Waals surface area contributed by atoms with Crippen molar-refractivity contribution >= 4 is 18.0 Å². The molecule has 1 heterocycles. The van der Waals surface area contributed by atoms with Crippen LogP contribution in [0.1, 0.15) is 25.3 Å². The predicted octanol–water partition coefficient (Wildman–Crippen LogP) is 3.01. The Bertz CT molecular complexity index is 468. The first-order valence-corrected chi connectivity index (χ1v) is 7.69. The zero-order valence-electron chi connectivity index (χ0n) is 11.8. The number of ether oxygens (including phenoxy) is 2. The molecule has 0 bridgehead atoms. The second-order valence-corrected chi connectivity index (χ2v) is 5.46. The lowest BCUT2D eigenvalue weighted by Gasteiger charge is -2.20. The maximum atomic E-state index is 11.8. The third-order valence-electron chi connectivity index (χ3n) is 2.98. The summed E-state index contributed by atoms with van der Waals surface area (Å²) in [5.74, 6) is 2.30. The molecule has 0 saturated heterocycles. The first kappa shape index (κ1) is 14.8. The number of rotatable bonds is 6. The second-order valence-electron chi connectivity index (χ2n) is 4.47. The molecule has 0 saturated carbocycles. The van der Waals surface area contributed by atoms with E-state index in [-0.39, 0.29) is 12.8 Å². The number of unbranched alkanes of at least 4 members (excludes halogenated alkanes) is 1. The van der Waals surface area contributed by atoms with Gasteiger partial charge >= 0.3 is 6.03 Å². The molecule has 1 aromatic carbocycles. The summed E-state index contributed by atoms with van der Waals surface area (Å²) in [5.41, 5.74) is 1.12. The van der Waals surface area contributed by atoms with Gasteiger partial charge in [-0.15, -0.1) is 0 Å². The molecule has 0 fully saturated rings. The van der Waals surface area contributed by atoms with Crippen LogP contribution in [-0.4, -0.2) is 30.7 Å². The summed E-state index contributed by atoms with van der Waals surface area (Å²) >= 11 is 1.52. The Hall–Kier alpha value is -1.56. The van der Waals surface area contributed by atoms with E-state index in [9.17, 15) is 4.79 Å². The van der Waals surface area contributed by atoms with E-state index in [2.05, 4.69) is 12.2 Å². The van der Waals surface area contributed by atoms with Gasteiger partial charge < -0.3 is 14.8 Å². The Morgan fingerprint density at radius 2 is 2.20 bits per heavy atom. The van der Waals surface area contributed by atoms with E-state index in [0.717, 1.165) is 42.2 Å². The molecule has 0 radical (unpaired) electrons. The zero-order valence-corrected chi connectivity index (χ0v) is 12.7. The van der Waals surface area contributed by atoms with Gasteiger partial charge in [-0.05, 0) is 36.1 Å². The summed E-state index contributed by atoms with van der Waals surface area (Å²) in [6.07, 6.45) is 2.07. The lowest BCUT2D eigenvalue weighted by molar-refractivity contribution is 0.174. The maximum absolute atomic E-state index is 11.8. The van der Waals surface area contributed by atoms with Gasteiger partial charge in [-0.25, -0.2) is 4.79 Å². The van der Waals surface area contributed by atoms with Crippen LogP contribution < -0.4 is 14.8 Å². The number of urea groups is 1. The third-order valence-corrected chi connectivity index (χ3v) is 4.10. The first-order valence-electron chi connectivity index (χ1n) is 6.75. The molecule has 2 rings (SSSR count). The number of carbonyl (C=O) groups is 1. The minimum absolute atomic E-state index is 0.0517. The number of amides is 2. The average Bonchev–Trinajstić information content (AvgIpc) is 2.94. The van der Waals surface area contributed by atoms with Crippen molar-refractivity contribution in [2.75, 3.05) is 20.4 Å². The number of benzene rings is 1. The predicted molar refractivity (Wildman–Crippen MR) is 79.9 cm³/mol. The highest BCUT2D eigenvalue weighted by molar-refractivity contribution is 7.96. The molecule has 0 spiro atoms. The number of nitrogens with one attached hydrogen (secondary N) is 1. The summed E-state index contributed by atoms with van der Waals surface area (Å²) in [6, 6.07) is 5.83. The lowest BCUT2D eigenvalue weighted by Crippen LogP contribution is -2.33. The molecule has 0 unspecified atom stereocenters. The van der Waals surface area contributed by atoms with E-state index < -0.39 is 0 Å². The average molecular weight is 296 g/mol. The second kappa shape index (κ2) is 7.28. The zero-order chi connectivity index (χ0) is 14.4. The van der Waals surface area contributed by atoms with Crippen molar-refractivity contribution < 1.29 is 14.3 Å². The molecule has 6 heteroatoms. The molecular weight excluding hydrogens is 276 g/mol. The van der Waals surface area contributed by atoms with Crippen molar-refractivity contribution in [2.45, 2.75) is 25.5 Å². The number of carbonyl (C=O) groups excluding carboxylic acids is 1. The van der Waals surface area contributed by atoms with Gasteiger partial charge in [-0.3, -0.25) is 4.31 Å². The van der Waals surface area contributed by atoms with Crippen molar-refractivity contribution in [3.05, 3.63) is 23.8 Å². The van der Waals surface area contributed by atoms with E-state index in [4.69, 9.17) is 9.47 Å². The fourth-order valence-corrected chi connectivity index (χ4v) is 2.79. The fourth-order valence-electron chi connectivity index (χ4n) is 1.83. The smallest absolute Gasteiger partial charge is 0.327 e. The van der Waals surface area contributed by atoms with Gasteiger partial charge in [0.05, 0.1) is 0 Å². The van der Waals surface area contributed by atoms with Crippen LogP contribution in [0.4, 0.5) is 4.79 Å². The SMILES string of the molecule is CCCCN(SCc1ccc2c(c1)OCO2)C(=O)NC. The topological polar surface area (TPSA) is 50.8 Å². The van der Waals surface area contributed by atoms with E-state index in [1.807, 2.05) is 18.2 Å². The lowest BCUT2D eigenvalue weighted by atomic mass is 10.2. The van der Waals surface area contributed by atoms with Crippen LogP contribution in [0.15, 0.2) is 18.2 Å². The maximum Gasteiger partial charge on any atom is 0.327 e. The van der Waals surface area contributed by atoms with Gasteiger partial charge in [0.1, 0.15) is 0 Å². The van der Waals surface area contributed by atoms with E-state index in [0.29, 0.717) is 0 Å². The Balaban J connectivity index is 1.92. The fraction of sp³-hybridized carbons (Fsp3) is 0.500. The number of fused-ring (bicyclic) bond motifs is 1. The molecule has 20 heavy (non-hydrogen) atoms. The number of hydrogen-bond donors (Lipinski definition) is 1. The molecular formula is C14H20N2O3S. The van der Waals surface area contributed by atoms with Crippen LogP contribution in [0.2, 0.25) is 0 Å². The van der Waals surface area contributed by atoms with Crippen molar-refractivity contribution in [1.82, 2.24) is 9.62 Å². The van der Waals surface area contributed by atoms with Crippen LogP contribution in [0.5, 0.6) is 11.5 Å². The largest absolute Gasteiger partial charge is 0.454 e. The molecule has 1 aliphatic rings. The molecule has 5 nitrogen and oxygen atoms in total. The van der Waals surface area contributed by atoms with Gasteiger partial charge in [0.25, 0.3) is 0 Å². The molecule has 0 aliphatic carbocycles. The third kappa shape index (κ3) is 3.72. The van der Waals surface area contributed by atoms with E-state index in [1.54, 1.807) is 11.4 Å². The summed E-state index contributed by atoms with van der Waals surface area (Å²) in [7, 11) is 1.66.